The number of nitro benzene ring substituents is 1. The number of ether oxygens (including phenoxy) is 1. The zero-order valence-corrected chi connectivity index (χ0v) is 15.9. The third-order valence-electron chi connectivity index (χ3n) is 4.66. The minimum Gasteiger partial charge on any atom is -0.378 e. The minimum atomic E-state index is -0.469. The number of rotatable bonds is 5. The molecule has 0 amide bonds. The van der Waals surface area contributed by atoms with E-state index in [1.54, 1.807) is 0 Å². The Bertz CT molecular complexity index is 993. The number of nitrogens with zero attached hydrogens (tertiary/aromatic N) is 2. The number of non-ortho nitro benzene ring substituents is 1. The first-order chi connectivity index (χ1) is 13.6. The summed E-state index contributed by atoms with van der Waals surface area (Å²) in [4.78, 5) is 26.2. The molecular weight excluding hydrogens is 376 g/mol. The summed E-state index contributed by atoms with van der Waals surface area (Å²) in [6.07, 6.45) is 0. The number of ketones is 1. The molecule has 0 aliphatic carbocycles. The topological polar surface area (TPSA) is 72.7 Å². The highest BCUT2D eigenvalue weighted by Gasteiger charge is 2.22. The van der Waals surface area contributed by atoms with Gasteiger partial charge in [0.25, 0.3) is 5.69 Å². The molecule has 0 spiro atoms. The Kier molecular flexibility index (Phi) is 5.18. The molecule has 0 unspecified atom stereocenters. The molecule has 1 aliphatic rings. The van der Waals surface area contributed by atoms with Crippen LogP contribution in [0, 0.1) is 10.1 Å². The second kappa shape index (κ2) is 7.92. The summed E-state index contributed by atoms with van der Waals surface area (Å²) in [5.74, 6) is -0.128. The number of morpholine rings is 1. The first-order valence-corrected chi connectivity index (χ1v) is 9.76. The summed E-state index contributed by atoms with van der Waals surface area (Å²) in [6, 6.07) is 17.7. The molecule has 0 radical (unpaired) electrons. The molecule has 3 aromatic rings. The molecular formula is C21H18N2O4S. The molecule has 28 heavy (non-hydrogen) atoms. The zero-order valence-electron chi connectivity index (χ0n) is 15.0. The molecule has 0 atom stereocenters. The lowest BCUT2D eigenvalue weighted by atomic mass is 10.0. The summed E-state index contributed by atoms with van der Waals surface area (Å²) in [5, 5.41) is 11.9. The number of thiophene rings is 1. The summed E-state index contributed by atoms with van der Waals surface area (Å²) in [5.41, 5.74) is 2.50. The van der Waals surface area contributed by atoms with Crippen LogP contribution in [0.15, 0.2) is 60.7 Å². The van der Waals surface area contributed by atoms with E-state index in [-0.39, 0.29) is 11.5 Å². The van der Waals surface area contributed by atoms with E-state index in [0.717, 1.165) is 29.2 Å². The number of hydrogen-bond acceptors (Lipinski definition) is 6. The summed E-state index contributed by atoms with van der Waals surface area (Å²) >= 11 is 1.46. The van der Waals surface area contributed by atoms with Crippen LogP contribution in [-0.4, -0.2) is 37.0 Å². The zero-order chi connectivity index (χ0) is 19.5. The lowest BCUT2D eigenvalue weighted by molar-refractivity contribution is -0.384. The van der Waals surface area contributed by atoms with E-state index in [1.165, 1.54) is 35.6 Å². The molecule has 142 valence electrons. The number of anilines is 1. The van der Waals surface area contributed by atoms with Crippen molar-refractivity contribution in [2.24, 2.45) is 0 Å². The van der Waals surface area contributed by atoms with Crippen LogP contribution in [0.25, 0.3) is 11.1 Å². The maximum atomic E-state index is 13.0. The molecule has 6 nitrogen and oxygen atoms in total. The standard InChI is InChI=1S/C21H18N2O4S/c24-20(16-6-8-17(9-7-16)23(25)26)19-14-18(15-4-2-1-3-5-15)21(28-19)22-10-12-27-13-11-22/h1-9,14H,10-13H2. The largest absolute Gasteiger partial charge is 0.378 e. The van der Waals surface area contributed by atoms with Gasteiger partial charge in [0.05, 0.1) is 28.0 Å². The number of benzene rings is 2. The van der Waals surface area contributed by atoms with E-state index < -0.39 is 4.92 Å². The fourth-order valence-corrected chi connectivity index (χ4v) is 4.39. The number of nitro groups is 1. The highest BCUT2D eigenvalue weighted by Crippen LogP contribution is 2.40. The summed E-state index contributed by atoms with van der Waals surface area (Å²) in [6.45, 7) is 2.90. The van der Waals surface area contributed by atoms with Crippen LogP contribution in [0.3, 0.4) is 0 Å². The molecule has 1 aromatic heterocycles. The van der Waals surface area contributed by atoms with Crippen LogP contribution < -0.4 is 4.90 Å². The van der Waals surface area contributed by atoms with Gasteiger partial charge in [-0.15, -0.1) is 11.3 Å². The normalized spacial score (nSPS) is 14.1. The molecule has 1 fully saturated rings. The van der Waals surface area contributed by atoms with Crippen molar-refractivity contribution in [3.05, 3.63) is 81.2 Å². The van der Waals surface area contributed by atoms with Crippen molar-refractivity contribution < 1.29 is 14.5 Å². The van der Waals surface area contributed by atoms with Gasteiger partial charge in [0.2, 0.25) is 5.78 Å². The van der Waals surface area contributed by atoms with Gasteiger partial charge in [0.1, 0.15) is 0 Å². The highest BCUT2D eigenvalue weighted by molar-refractivity contribution is 7.18. The van der Waals surface area contributed by atoms with Gasteiger partial charge < -0.3 is 9.64 Å². The van der Waals surface area contributed by atoms with Gasteiger partial charge in [-0.3, -0.25) is 14.9 Å². The minimum absolute atomic E-state index is 0.0262. The van der Waals surface area contributed by atoms with Crippen LogP contribution in [0.2, 0.25) is 0 Å². The van der Waals surface area contributed by atoms with Gasteiger partial charge in [-0.1, -0.05) is 30.3 Å². The SMILES string of the molecule is O=C(c1ccc([N+](=O)[O-])cc1)c1cc(-c2ccccc2)c(N2CCOCC2)s1. The maximum absolute atomic E-state index is 13.0. The van der Waals surface area contributed by atoms with Crippen molar-refractivity contribution in [1.29, 1.82) is 0 Å². The van der Waals surface area contributed by atoms with Gasteiger partial charge in [-0.2, -0.15) is 0 Å². The van der Waals surface area contributed by atoms with E-state index in [1.807, 2.05) is 36.4 Å². The highest BCUT2D eigenvalue weighted by atomic mass is 32.1. The van der Waals surface area contributed by atoms with Crippen LogP contribution in [0.5, 0.6) is 0 Å². The van der Waals surface area contributed by atoms with Crippen molar-refractivity contribution in [2.45, 2.75) is 0 Å². The quantitative estimate of drug-likeness (QED) is 0.365. The first-order valence-electron chi connectivity index (χ1n) is 8.94. The average molecular weight is 394 g/mol. The molecule has 0 N–H and O–H groups in total. The lowest BCUT2D eigenvalue weighted by Gasteiger charge is -2.28. The van der Waals surface area contributed by atoms with Gasteiger partial charge >= 0.3 is 0 Å². The van der Waals surface area contributed by atoms with Crippen molar-refractivity contribution in [3.63, 3.8) is 0 Å². The molecule has 2 aromatic carbocycles. The second-order valence-electron chi connectivity index (χ2n) is 6.43. The Morgan fingerprint density at radius 3 is 2.36 bits per heavy atom. The third-order valence-corrected chi connectivity index (χ3v) is 5.85. The van der Waals surface area contributed by atoms with E-state index in [9.17, 15) is 14.9 Å². The fraction of sp³-hybridized carbons (Fsp3) is 0.190. The molecule has 2 heterocycles. The molecule has 7 heteroatoms. The van der Waals surface area contributed by atoms with Crippen molar-refractivity contribution in [1.82, 2.24) is 0 Å². The molecule has 0 saturated carbocycles. The van der Waals surface area contributed by atoms with Crippen molar-refractivity contribution in [3.8, 4) is 11.1 Å². The number of carbonyl (C=O) groups excluding carboxylic acids is 1. The molecule has 4 rings (SSSR count). The Balaban J connectivity index is 1.72. The van der Waals surface area contributed by atoms with Crippen molar-refractivity contribution in [2.75, 3.05) is 31.2 Å². The van der Waals surface area contributed by atoms with E-state index in [2.05, 4.69) is 4.90 Å². The van der Waals surface area contributed by atoms with E-state index >= 15 is 0 Å². The Labute approximate surface area is 166 Å². The number of carbonyl (C=O) groups is 1. The van der Waals surface area contributed by atoms with Crippen LogP contribution in [-0.2, 0) is 4.74 Å². The Morgan fingerprint density at radius 2 is 1.71 bits per heavy atom. The van der Waals surface area contributed by atoms with E-state index in [4.69, 9.17) is 4.74 Å². The lowest BCUT2D eigenvalue weighted by Crippen LogP contribution is -2.35. The van der Waals surface area contributed by atoms with E-state index in [0.29, 0.717) is 23.7 Å². The maximum Gasteiger partial charge on any atom is 0.269 e. The van der Waals surface area contributed by atoms with Crippen LogP contribution >= 0.6 is 11.3 Å². The van der Waals surface area contributed by atoms with Crippen molar-refractivity contribution >= 4 is 27.8 Å². The molecule has 1 saturated heterocycles. The second-order valence-corrected chi connectivity index (χ2v) is 7.46. The van der Waals surface area contributed by atoms with Gasteiger partial charge in [0.15, 0.2) is 0 Å². The van der Waals surface area contributed by atoms with Gasteiger partial charge in [-0.25, -0.2) is 0 Å². The van der Waals surface area contributed by atoms with Gasteiger partial charge in [0, 0.05) is 36.3 Å². The van der Waals surface area contributed by atoms with Gasteiger partial charge in [-0.05, 0) is 23.8 Å². The fourth-order valence-electron chi connectivity index (χ4n) is 3.20. The smallest absolute Gasteiger partial charge is 0.269 e. The predicted octanol–water partition coefficient (Wildman–Crippen LogP) is 4.39. The van der Waals surface area contributed by atoms with Crippen LogP contribution in [0.1, 0.15) is 15.2 Å². The monoisotopic (exact) mass is 394 g/mol. The molecule has 1 aliphatic heterocycles. The summed E-state index contributed by atoms with van der Waals surface area (Å²) < 4.78 is 5.46. The number of hydrogen-bond donors (Lipinski definition) is 0. The predicted molar refractivity (Wildman–Crippen MR) is 109 cm³/mol. The average Bonchev–Trinajstić information content (AvgIpc) is 3.20. The summed E-state index contributed by atoms with van der Waals surface area (Å²) in [7, 11) is 0. The third kappa shape index (κ3) is 3.67. The van der Waals surface area contributed by atoms with Crippen LogP contribution in [0.4, 0.5) is 10.7 Å². The Morgan fingerprint density at radius 1 is 1.04 bits per heavy atom. The first kappa shape index (κ1) is 18.3. The Hall–Kier alpha value is -3.03. The molecule has 0 bridgehead atoms.